The Balaban J connectivity index is 0.00000243. The van der Waals surface area contributed by atoms with Crippen LogP contribution in [0, 0.1) is 13.8 Å². The summed E-state index contributed by atoms with van der Waals surface area (Å²) in [4.78, 5) is 33.3. The van der Waals surface area contributed by atoms with Crippen LogP contribution in [0.3, 0.4) is 0 Å². The van der Waals surface area contributed by atoms with E-state index in [0.717, 1.165) is 37.8 Å². The predicted octanol–water partition coefficient (Wildman–Crippen LogP) is -2.08. The van der Waals surface area contributed by atoms with Crippen molar-refractivity contribution in [1.82, 2.24) is 19.1 Å². The standard InChI is InChI=1S/C18H24N5O2.HI/c1-11-9-13-14(10-12(11)2)22(7-8-23(4,5)6)16-15(19-13)17(24)21(3)18(25)20-16;/h9-10H,7-8H2,1-6H3;1H/q+1;/p-1. The van der Waals surface area contributed by atoms with E-state index >= 15 is 0 Å². The molecule has 2 aliphatic rings. The second-order valence-electron chi connectivity index (χ2n) is 7.63. The van der Waals surface area contributed by atoms with Crippen molar-refractivity contribution < 1.29 is 28.5 Å². The van der Waals surface area contributed by atoms with Crippen LogP contribution in [0.2, 0.25) is 0 Å². The monoisotopic (exact) mass is 469 g/mol. The number of fused-ring (bicyclic) bond motifs is 2. The van der Waals surface area contributed by atoms with Crippen LogP contribution in [-0.2, 0) is 13.6 Å². The summed E-state index contributed by atoms with van der Waals surface area (Å²) >= 11 is 0. The molecule has 0 saturated heterocycles. The van der Waals surface area contributed by atoms with E-state index in [2.05, 4.69) is 37.2 Å². The minimum absolute atomic E-state index is 0. The lowest BCUT2D eigenvalue weighted by Crippen LogP contribution is -3.00. The van der Waals surface area contributed by atoms with Crippen molar-refractivity contribution >= 4 is 11.0 Å². The summed E-state index contributed by atoms with van der Waals surface area (Å²) in [6, 6.07) is 4.04. The number of likely N-dealkylation sites (N-methyl/N-ethyl adjacent to an activating group) is 1. The molecule has 2 aliphatic heterocycles. The number of hydrogen-bond donors (Lipinski definition) is 0. The SMILES string of the molecule is Cc1cc2nc3c(=O)n(C)c(=O)nc-3n(CC[N+](C)(C)C)c2cc1C.[I-]. The lowest BCUT2D eigenvalue weighted by atomic mass is 10.1. The summed E-state index contributed by atoms with van der Waals surface area (Å²) in [7, 11) is 7.74. The molecule has 3 rings (SSSR count). The van der Waals surface area contributed by atoms with E-state index in [1.165, 1.54) is 7.05 Å². The molecule has 1 aromatic carbocycles. The van der Waals surface area contributed by atoms with Crippen LogP contribution in [0.4, 0.5) is 0 Å². The van der Waals surface area contributed by atoms with Crippen molar-refractivity contribution in [2.24, 2.45) is 7.05 Å². The topological polar surface area (TPSA) is 69.8 Å². The predicted molar refractivity (Wildman–Crippen MR) is 98.0 cm³/mol. The van der Waals surface area contributed by atoms with Gasteiger partial charge < -0.3 is 33.0 Å². The molecule has 26 heavy (non-hydrogen) atoms. The van der Waals surface area contributed by atoms with Crippen molar-refractivity contribution in [3.63, 3.8) is 0 Å². The average Bonchev–Trinajstić information content (AvgIpc) is 2.51. The highest BCUT2D eigenvalue weighted by molar-refractivity contribution is 5.81. The summed E-state index contributed by atoms with van der Waals surface area (Å²) in [5.74, 6) is 0.359. The fourth-order valence-electron chi connectivity index (χ4n) is 2.80. The zero-order chi connectivity index (χ0) is 18.5. The van der Waals surface area contributed by atoms with Gasteiger partial charge in [-0.2, -0.15) is 4.98 Å². The third kappa shape index (κ3) is 3.66. The Morgan fingerprint density at radius 2 is 1.65 bits per heavy atom. The fraction of sp³-hybridized carbons (Fsp3) is 0.444. The van der Waals surface area contributed by atoms with E-state index in [1.54, 1.807) is 0 Å². The van der Waals surface area contributed by atoms with Crippen molar-refractivity contribution in [2.45, 2.75) is 20.4 Å². The van der Waals surface area contributed by atoms with Crippen LogP contribution in [-0.4, -0.2) is 51.3 Å². The molecule has 0 N–H and O–H groups in total. The van der Waals surface area contributed by atoms with Gasteiger partial charge in [-0.05, 0) is 37.1 Å². The molecule has 140 valence electrons. The van der Waals surface area contributed by atoms with Crippen LogP contribution in [0.1, 0.15) is 11.1 Å². The van der Waals surface area contributed by atoms with Gasteiger partial charge in [0.15, 0.2) is 11.5 Å². The van der Waals surface area contributed by atoms with E-state index < -0.39 is 11.2 Å². The Morgan fingerprint density at radius 3 is 2.27 bits per heavy atom. The van der Waals surface area contributed by atoms with E-state index in [4.69, 9.17) is 0 Å². The Labute approximate surface area is 169 Å². The molecule has 0 spiro atoms. The van der Waals surface area contributed by atoms with Crippen LogP contribution in [0.15, 0.2) is 21.7 Å². The molecule has 0 saturated carbocycles. The Bertz CT molecular complexity index is 1060. The second-order valence-corrected chi connectivity index (χ2v) is 7.63. The van der Waals surface area contributed by atoms with Gasteiger partial charge in [0.05, 0.1) is 45.3 Å². The van der Waals surface area contributed by atoms with Gasteiger partial charge >= 0.3 is 5.69 Å². The highest BCUT2D eigenvalue weighted by atomic mass is 127. The quantitative estimate of drug-likeness (QED) is 0.251. The Kier molecular flexibility index (Phi) is 5.57. The zero-order valence-electron chi connectivity index (χ0n) is 16.0. The van der Waals surface area contributed by atoms with Gasteiger partial charge in [0.25, 0.3) is 5.56 Å². The molecule has 1 aromatic rings. The number of aromatic nitrogens is 4. The minimum atomic E-state index is -0.554. The first-order chi connectivity index (χ1) is 11.6. The molecule has 0 atom stereocenters. The molecule has 0 fully saturated rings. The van der Waals surface area contributed by atoms with E-state index in [1.807, 2.05) is 24.5 Å². The maximum Gasteiger partial charge on any atom is 0.352 e. The average molecular weight is 469 g/mol. The number of quaternary nitrogens is 1. The molecule has 0 aromatic heterocycles. The lowest BCUT2D eigenvalue weighted by molar-refractivity contribution is -0.870. The molecule has 2 heterocycles. The minimum Gasteiger partial charge on any atom is -1.00 e. The highest BCUT2D eigenvalue weighted by Crippen LogP contribution is 2.23. The smallest absolute Gasteiger partial charge is 0.352 e. The zero-order valence-corrected chi connectivity index (χ0v) is 18.2. The third-order valence-corrected chi connectivity index (χ3v) is 4.57. The van der Waals surface area contributed by atoms with Gasteiger partial charge in [0.1, 0.15) is 0 Å². The number of hydrogen-bond acceptors (Lipinski definition) is 4. The maximum atomic E-state index is 12.5. The number of benzene rings is 1. The van der Waals surface area contributed by atoms with Crippen LogP contribution in [0.5, 0.6) is 0 Å². The van der Waals surface area contributed by atoms with Crippen LogP contribution < -0.4 is 35.2 Å². The Morgan fingerprint density at radius 1 is 1.04 bits per heavy atom. The summed E-state index contributed by atoms with van der Waals surface area (Å²) in [6.07, 6.45) is 0. The van der Waals surface area contributed by atoms with Gasteiger partial charge in [-0.15, -0.1) is 0 Å². The van der Waals surface area contributed by atoms with Crippen molar-refractivity contribution in [3.05, 3.63) is 44.1 Å². The molecule has 0 unspecified atom stereocenters. The van der Waals surface area contributed by atoms with Gasteiger partial charge in [0, 0.05) is 7.05 Å². The largest absolute Gasteiger partial charge is 1.00 e. The maximum absolute atomic E-state index is 12.5. The van der Waals surface area contributed by atoms with E-state index in [9.17, 15) is 9.59 Å². The van der Waals surface area contributed by atoms with Crippen molar-refractivity contribution in [1.29, 1.82) is 0 Å². The van der Waals surface area contributed by atoms with Crippen LogP contribution >= 0.6 is 0 Å². The van der Waals surface area contributed by atoms with Crippen molar-refractivity contribution in [3.8, 4) is 11.5 Å². The van der Waals surface area contributed by atoms with Gasteiger partial charge in [-0.3, -0.25) is 9.36 Å². The van der Waals surface area contributed by atoms with E-state index in [0.29, 0.717) is 12.4 Å². The first-order valence-electron chi connectivity index (χ1n) is 8.27. The number of nitrogens with zero attached hydrogens (tertiary/aromatic N) is 5. The van der Waals surface area contributed by atoms with Gasteiger partial charge in [-0.1, -0.05) is 0 Å². The van der Waals surface area contributed by atoms with Crippen molar-refractivity contribution in [2.75, 3.05) is 27.7 Å². The third-order valence-electron chi connectivity index (χ3n) is 4.57. The lowest BCUT2D eigenvalue weighted by Gasteiger charge is -2.26. The van der Waals surface area contributed by atoms with Gasteiger partial charge in [0.2, 0.25) is 0 Å². The summed E-state index contributed by atoms with van der Waals surface area (Å²) in [6.45, 7) is 5.53. The Hall–Kier alpha value is -1.81. The number of aryl methyl sites for hydroxylation is 2. The normalized spacial score (nSPS) is 11.8. The summed E-state index contributed by atoms with van der Waals surface area (Å²) < 4.78 is 3.72. The molecular weight excluding hydrogens is 445 g/mol. The fourth-order valence-corrected chi connectivity index (χ4v) is 2.80. The van der Waals surface area contributed by atoms with Crippen LogP contribution in [0.25, 0.3) is 22.6 Å². The molecule has 0 radical (unpaired) electrons. The van der Waals surface area contributed by atoms with Gasteiger partial charge in [-0.25, -0.2) is 9.78 Å². The first kappa shape index (κ1) is 20.5. The second kappa shape index (κ2) is 7.07. The molecular formula is C18H24IN5O2. The first-order valence-corrected chi connectivity index (χ1v) is 8.27. The summed E-state index contributed by atoms with van der Waals surface area (Å²) in [5.41, 5.74) is 3.16. The number of halogens is 1. The number of rotatable bonds is 3. The molecule has 0 amide bonds. The van der Waals surface area contributed by atoms with E-state index in [-0.39, 0.29) is 29.7 Å². The summed E-state index contributed by atoms with van der Waals surface area (Å²) in [5, 5.41) is 0. The molecule has 7 nitrogen and oxygen atoms in total. The highest BCUT2D eigenvalue weighted by Gasteiger charge is 2.22. The molecule has 0 aliphatic carbocycles. The molecule has 0 bridgehead atoms. The molecule has 8 heteroatoms.